The number of halogens is 3. The first kappa shape index (κ1) is 15.3. The molecule has 0 aliphatic heterocycles. The van der Waals surface area contributed by atoms with Crippen LogP contribution in [0.3, 0.4) is 0 Å². The molecule has 2 aromatic rings. The highest BCUT2D eigenvalue weighted by molar-refractivity contribution is 5.80. The summed E-state index contributed by atoms with van der Waals surface area (Å²) in [5.74, 6) is 0.375. The first-order chi connectivity index (χ1) is 9.77. The van der Waals surface area contributed by atoms with Crippen molar-refractivity contribution in [3.8, 4) is 0 Å². The van der Waals surface area contributed by atoms with Gasteiger partial charge in [0, 0.05) is 18.0 Å². The molecule has 0 aliphatic carbocycles. The standard InChI is InChI=1S/C12H12F3N3O3/c13-12(14,15)11(16)6-17-5-9-3-7-1-2-8(18(19)20)4-10(7)21-9/h1-4,11,17H,5-6,16H2/t11-/m0/s1. The Bertz CT molecular complexity index is 654. The molecule has 0 amide bonds. The summed E-state index contributed by atoms with van der Waals surface area (Å²) < 4.78 is 42.0. The molecule has 0 bridgehead atoms. The van der Waals surface area contributed by atoms with Crippen molar-refractivity contribution in [3.05, 3.63) is 40.1 Å². The van der Waals surface area contributed by atoms with Gasteiger partial charge in [-0.25, -0.2) is 0 Å². The van der Waals surface area contributed by atoms with Crippen molar-refractivity contribution in [2.45, 2.75) is 18.8 Å². The van der Waals surface area contributed by atoms with Crippen molar-refractivity contribution < 1.29 is 22.5 Å². The molecule has 0 saturated carbocycles. The lowest BCUT2D eigenvalue weighted by molar-refractivity contribution is -0.384. The predicted molar refractivity (Wildman–Crippen MR) is 68.6 cm³/mol. The Balaban J connectivity index is 2.01. The largest absolute Gasteiger partial charge is 0.459 e. The Hall–Kier alpha value is -2.13. The third kappa shape index (κ3) is 3.70. The number of nitro benzene ring substituents is 1. The van der Waals surface area contributed by atoms with Crippen molar-refractivity contribution in [3.63, 3.8) is 0 Å². The fraction of sp³-hybridized carbons (Fsp3) is 0.333. The van der Waals surface area contributed by atoms with E-state index in [0.717, 1.165) is 0 Å². The molecule has 0 spiro atoms. The number of non-ortho nitro benzene ring substituents is 1. The van der Waals surface area contributed by atoms with E-state index in [2.05, 4.69) is 5.32 Å². The number of nitro groups is 1. The van der Waals surface area contributed by atoms with Gasteiger partial charge in [-0.15, -0.1) is 0 Å². The predicted octanol–water partition coefficient (Wildman–Crippen LogP) is 2.32. The van der Waals surface area contributed by atoms with Gasteiger partial charge in [-0.05, 0) is 12.1 Å². The molecule has 114 valence electrons. The highest BCUT2D eigenvalue weighted by atomic mass is 19.4. The van der Waals surface area contributed by atoms with Gasteiger partial charge in [-0.3, -0.25) is 10.1 Å². The zero-order chi connectivity index (χ0) is 15.6. The van der Waals surface area contributed by atoms with Crippen LogP contribution in [0.15, 0.2) is 28.7 Å². The Kier molecular flexibility index (Phi) is 4.14. The van der Waals surface area contributed by atoms with Crippen LogP contribution in [0.4, 0.5) is 18.9 Å². The summed E-state index contributed by atoms with van der Waals surface area (Å²) in [6.45, 7) is -0.396. The monoisotopic (exact) mass is 303 g/mol. The van der Waals surface area contributed by atoms with Crippen molar-refractivity contribution in [2.75, 3.05) is 6.54 Å². The molecule has 2 rings (SSSR count). The van der Waals surface area contributed by atoms with Gasteiger partial charge in [-0.2, -0.15) is 13.2 Å². The smallest absolute Gasteiger partial charge is 0.404 e. The summed E-state index contributed by atoms with van der Waals surface area (Å²) in [7, 11) is 0. The number of alkyl halides is 3. The summed E-state index contributed by atoms with van der Waals surface area (Å²) in [5.41, 5.74) is 5.14. The van der Waals surface area contributed by atoms with E-state index < -0.39 is 23.7 Å². The molecule has 0 radical (unpaired) electrons. The van der Waals surface area contributed by atoms with Crippen LogP contribution in [0, 0.1) is 10.1 Å². The summed E-state index contributed by atoms with van der Waals surface area (Å²) in [4.78, 5) is 10.1. The fourth-order valence-corrected chi connectivity index (χ4v) is 1.74. The maximum Gasteiger partial charge on any atom is 0.404 e. The molecule has 9 heteroatoms. The van der Waals surface area contributed by atoms with Crippen LogP contribution < -0.4 is 11.1 Å². The number of fused-ring (bicyclic) bond motifs is 1. The summed E-state index contributed by atoms with van der Waals surface area (Å²) in [6, 6.07) is 3.75. The van der Waals surface area contributed by atoms with Gasteiger partial charge in [-0.1, -0.05) is 0 Å². The van der Waals surface area contributed by atoms with Crippen molar-refractivity contribution in [2.24, 2.45) is 5.73 Å². The van der Waals surface area contributed by atoms with Gasteiger partial charge in [0.15, 0.2) is 0 Å². The van der Waals surface area contributed by atoms with Crippen LogP contribution in [-0.4, -0.2) is 23.7 Å². The van der Waals surface area contributed by atoms with Gasteiger partial charge < -0.3 is 15.5 Å². The highest BCUT2D eigenvalue weighted by Crippen LogP contribution is 2.24. The lowest BCUT2D eigenvalue weighted by Crippen LogP contribution is -2.45. The minimum absolute atomic E-state index is 0.0479. The molecule has 0 unspecified atom stereocenters. The SMILES string of the molecule is N[C@@H](CNCc1cc2ccc([N+](=O)[O-])cc2o1)C(F)(F)F. The first-order valence-electron chi connectivity index (χ1n) is 5.97. The van der Waals surface area contributed by atoms with Gasteiger partial charge in [0.05, 0.1) is 17.5 Å². The molecule has 0 aliphatic rings. The number of rotatable bonds is 5. The highest BCUT2D eigenvalue weighted by Gasteiger charge is 2.36. The Morgan fingerprint density at radius 1 is 1.38 bits per heavy atom. The van der Waals surface area contributed by atoms with E-state index in [-0.39, 0.29) is 12.2 Å². The molecule has 21 heavy (non-hydrogen) atoms. The third-order valence-electron chi connectivity index (χ3n) is 2.85. The van der Waals surface area contributed by atoms with Crippen LogP contribution >= 0.6 is 0 Å². The average molecular weight is 303 g/mol. The number of benzene rings is 1. The first-order valence-corrected chi connectivity index (χ1v) is 5.97. The topological polar surface area (TPSA) is 94.3 Å². The molecule has 3 N–H and O–H groups in total. The molecule has 1 aromatic carbocycles. The van der Waals surface area contributed by atoms with Crippen molar-refractivity contribution >= 4 is 16.7 Å². The second-order valence-electron chi connectivity index (χ2n) is 4.47. The average Bonchev–Trinajstić information content (AvgIpc) is 2.78. The Labute approximate surface area is 116 Å². The van der Waals surface area contributed by atoms with E-state index in [1.807, 2.05) is 0 Å². The minimum Gasteiger partial charge on any atom is -0.459 e. The quantitative estimate of drug-likeness (QED) is 0.653. The van der Waals surface area contributed by atoms with E-state index in [9.17, 15) is 23.3 Å². The molecule has 0 saturated heterocycles. The number of nitrogens with zero attached hydrogens (tertiary/aromatic N) is 1. The van der Waals surface area contributed by atoms with Crippen LogP contribution in [-0.2, 0) is 6.54 Å². The molecular weight excluding hydrogens is 291 g/mol. The third-order valence-corrected chi connectivity index (χ3v) is 2.85. The summed E-state index contributed by atoms with van der Waals surface area (Å²) >= 11 is 0. The Morgan fingerprint density at radius 2 is 2.10 bits per heavy atom. The number of hydrogen-bond acceptors (Lipinski definition) is 5. The van der Waals surface area contributed by atoms with E-state index in [0.29, 0.717) is 16.7 Å². The van der Waals surface area contributed by atoms with Crippen LogP contribution in [0.2, 0.25) is 0 Å². The summed E-state index contributed by atoms with van der Waals surface area (Å²) in [6.07, 6.45) is -4.46. The number of hydrogen-bond donors (Lipinski definition) is 2. The van der Waals surface area contributed by atoms with E-state index in [1.165, 1.54) is 18.2 Å². The van der Waals surface area contributed by atoms with Crippen LogP contribution in [0.1, 0.15) is 5.76 Å². The second kappa shape index (κ2) is 5.70. The van der Waals surface area contributed by atoms with E-state index >= 15 is 0 Å². The fourth-order valence-electron chi connectivity index (χ4n) is 1.74. The molecular formula is C12H12F3N3O3. The number of nitrogens with two attached hydrogens (primary N) is 1. The number of nitrogens with one attached hydrogen (secondary N) is 1. The second-order valence-corrected chi connectivity index (χ2v) is 4.47. The van der Waals surface area contributed by atoms with Crippen LogP contribution in [0.25, 0.3) is 11.0 Å². The molecule has 1 atom stereocenters. The van der Waals surface area contributed by atoms with E-state index in [1.54, 1.807) is 6.07 Å². The zero-order valence-electron chi connectivity index (χ0n) is 10.7. The van der Waals surface area contributed by atoms with Crippen molar-refractivity contribution in [1.29, 1.82) is 0 Å². The maximum atomic E-state index is 12.2. The molecule has 0 fully saturated rings. The lowest BCUT2D eigenvalue weighted by atomic mass is 10.2. The van der Waals surface area contributed by atoms with Gasteiger partial charge in [0.25, 0.3) is 5.69 Å². The van der Waals surface area contributed by atoms with Crippen LogP contribution in [0.5, 0.6) is 0 Å². The maximum absolute atomic E-state index is 12.2. The normalized spacial score (nSPS) is 13.5. The summed E-state index contributed by atoms with van der Waals surface area (Å²) in [5, 5.41) is 13.8. The van der Waals surface area contributed by atoms with Gasteiger partial charge in [0.2, 0.25) is 0 Å². The minimum atomic E-state index is -4.46. The molecule has 6 nitrogen and oxygen atoms in total. The zero-order valence-corrected chi connectivity index (χ0v) is 10.7. The molecule has 1 heterocycles. The number of furan rings is 1. The lowest BCUT2D eigenvalue weighted by Gasteiger charge is -2.15. The molecule has 1 aromatic heterocycles. The van der Waals surface area contributed by atoms with Gasteiger partial charge in [0.1, 0.15) is 17.4 Å². The van der Waals surface area contributed by atoms with Crippen molar-refractivity contribution in [1.82, 2.24) is 5.32 Å². The van der Waals surface area contributed by atoms with Gasteiger partial charge >= 0.3 is 6.18 Å². The van der Waals surface area contributed by atoms with E-state index in [4.69, 9.17) is 10.2 Å². The Morgan fingerprint density at radius 3 is 2.71 bits per heavy atom.